The van der Waals surface area contributed by atoms with Crippen molar-refractivity contribution >= 4 is 29.3 Å². The van der Waals surface area contributed by atoms with Crippen LogP contribution < -0.4 is 29.3 Å². The van der Waals surface area contributed by atoms with E-state index >= 15 is 0 Å². The van der Waals surface area contributed by atoms with Gasteiger partial charge >= 0.3 is 5.97 Å². The number of hydrogen-bond donors (Lipinski definition) is 0. The summed E-state index contributed by atoms with van der Waals surface area (Å²) in [5.74, 6) is 1.89. The number of fused-ring (bicyclic) bond motifs is 2. The molecule has 0 fully saturated rings. The first kappa shape index (κ1) is 22.0. The van der Waals surface area contributed by atoms with Gasteiger partial charge < -0.3 is 23.5 Å². The zero-order chi connectivity index (χ0) is 24.0. The number of allylic oxidation sites excluding steroid dienone is 1. The average molecular weight is 482 g/mol. The number of furan rings is 1. The summed E-state index contributed by atoms with van der Waals surface area (Å²) < 4.78 is 24.1. The number of hydrogen-bond acceptors (Lipinski definition) is 9. The lowest BCUT2D eigenvalue weighted by atomic mass is 9.95. The van der Waals surface area contributed by atoms with Crippen LogP contribution in [0.4, 0.5) is 5.88 Å². The van der Waals surface area contributed by atoms with Crippen LogP contribution in [0.25, 0.3) is 6.08 Å². The molecule has 0 aliphatic carbocycles. The van der Waals surface area contributed by atoms with Gasteiger partial charge in [-0.2, -0.15) is 0 Å². The first-order chi connectivity index (χ1) is 16.4. The van der Waals surface area contributed by atoms with Gasteiger partial charge in [0.25, 0.3) is 5.56 Å². The summed E-state index contributed by atoms with van der Waals surface area (Å²) in [6, 6.07) is 8.30. The Morgan fingerprint density at radius 1 is 1.26 bits per heavy atom. The molecule has 0 amide bonds. The highest BCUT2D eigenvalue weighted by Crippen LogP contribution is 2.38. The van der Waals surface area contributed by atoms with Gasteiger partial charge in [0.1, 0.15) is 5.76 Å². The minimum absolute atomic E-state index is 0.124. The molecule has 9 nitrogen and oxygen atoms in total. The fourth-order valence-electron chi connectivity index (χ4n) is 3.98. The summed E-state index contributed by atoms with van der Waals surface area (Å²) in [5, 5.41) is 0. The Hall–Kier alpha value is -3.79. The monoisotopic (exact) mass is 481 g/mol. The van der Waals surface area contributed by atoms with Crippen molar-refractivity contribution in [2.45, 2.75) is 19.9 Å². The summed E-state index contributed by atoms with van der Waals surface area (Å²) in [6.07, 6.45) is 1.69. The molecular formula is C24H23N3O6S. The highest BCUT2D eigenvalue weighted by Gasteiger charge is 2.34. The summed E-state index contributed by atoms with van der Waals surface area (Å²) >= 11 is 1.24. The lowest BCUT2D eigenvalue weighted by molar-refractivity contribution is -0.139. The van der Waals surface area contributed by atoms with Crippen LogP contribution in [-0.2, 0) is 9.53 Å². The first-order valence-electron chi connectivity index (χ1n) is 10.7. The van der Waals surface area contributed by atoms with E-state index in [-0.39, 0.29) is 19.0 Å². The standard InChI is InChI=1S/C24H23N3O6S/c1-5-30-23(29)20-13(2)25-24-27(21(20)14-6-8-16-17(10-14)32-12-31-16)22(28)18(34-24)11-15-7-9-19(33-15)26(3)4/h6-11,21H,5,12H2,1-4H3/t21-/m0/s1. The van der Waals surface area contributed by atoms with E-state index in [4.69, 9.17) is 18.6 Å². The van der Waals surface area contributed by atoms with E-state index in [0.717, 1.165) is 0 Å². The third-order valence-electron chi connectivity index (χ3n) is 5.56. The number of thiazole rings is 1. The number of rotatable bonds is 5. The van der Waals surface area contributed by atoms with E-state index < -0.39 is 12.0 Å². The van der Waals surface area contributed by atoms with Crippen molar-refractivity contribution in [2.24, 2.45) is 4.99 Å². The van der Waals surface area contributed by atoms with E-state index in [1.165, 1.54) is 15.9 Å². The van der Waals surface area contributed by atoms with Crippen LogP contribution in [0.15, 0.2) is 55.8 Å². The van der Waals surface area contributed by atoms with Crippen molar-refractivity contribution in [3.05, 3.63) is 72.6 Å². The molecule has 3 aromatic rings. The number of anilines is 1. The molecule has 2 aliphatic heterocycles. The molecule has 34 heavy (non-hydrogen) atoms. The maximum absolute atomic E-state index is 13.6. The Labute approximate surface area is 198 Å². The van der Waals surface area contributed by atoms with Gasteiger partial charge in [-0.15, -0.1) is 0 Å². The zero-order valence-electron chi connectivity index (χ0n) is 19.2. The van der Waals surface area contributed by atoms with Crippen LogP contribution in [0.5, 0.6) is 11.5 Å². The molecule has 176 valence electrons. The number of carbonyl (C=O) groups is 1. The van der Waals surface area contributed by atoms with Crippen LogP contribution in [-0.4, -0.2) is 38.0 Å². The predicted molar refractivity (Wildman–Crippen MR) is 126 cm³/mol. The van der Waals surface area contributed by atoms with Crippen molar-refractivity contribution in [1.29, 1.82) is 0 Å². The molecule has 5 rings (SSSR count). The van der Waals surface area contributed by atoms with Crippen molar-refractivity contribution in [1.82, 2.24) is 4.57 Å². The molecule has 1 aromatic carbocycles. The lowest BCUT2D eigenvalue weighted by Gasteiger charge is -2.24. The topological polar surface area (TPSA) is 95.5 Å². The number of carbonyl (C=O) groups excluding carboxylic acids is 1. The van der Waals surface area contributed by atoms with Crippen molar-refractivity contribution < 1.29 is 23.4 Å². The molecule has 0 saturated carbocycles. The van der Waals surface area contributed by atoms with Crippen LogP contribution in [0.2, 0.25) is 0 Å². The van der Waals surface area contributed by atoms with Gasteiger partial charge in [-0.3, -0.25) is 9.36 Å². The summed E-state index contributed by atoms with van der Waals surface area (Å²) in [6.45, 7) is 3.82. The number of esters is 1. The van der Waals surface area contributed by atoms with E-state index in [0.29, 0.717) is 49.3 Å². The number of aromatic nitrogens is 1. The maximum atomic E-state index is 13.6. The van der Waals surface area contributed by atoms with Gasteiger partial charge in [0.2, 0.25) is 6.79 Å². The first-order valence-corrected chi connectivity index (χ1v) is 11.6. The Morgan fingerprint density at radius 2 is 2.06 bits per heavy atom. The van der Waals surface area contributed by atoms with E-state index in [1.54, 1.807) is 38.1 Å². The molecule has 0 spiro atoms. The highest BCUT2D eigenvalue weighted by molar-refractivity contribution is 7.07. The second kappa shape index (κ2) is 8.53. The van der Waals surface area contributed by atoms with E-state index in [9.17, 15) is 9.59 Å². The van der Waals surface area contributed by atoms with E-state index in [2.05, 4.69) is 4.99 Å². The fourth-order valence-corrected chi connectivity index (χ4v) is 5.01. The third-order valence-corrected chi connectivity index (χ3v) is 6.54. The molecule has 0 bridgehead atoms. The van der Waals surface area contributed by atoms with Crippen LogP contribution in [0.1, 0.15) is 31.2 Å². The van der Waals surface area contributed by atoms with Gasteiger partial charge in [-0.25, -0.2) is 9.79 Å². The maximum Gasteiger partial charge on any atom is 0.338 e. The molecule has 10 heteroatoms. The van der Waals surface area contributed by atoms with Crippen LogP contribution in [0, 0.1) is 0 Å². The second-order valence-corrected chi connectivity index (χ2v) is 8.99. The fraction of sp³-hybridized carbons (Fsp3) is 0.292. The SMILES string of the molecule is CCOC(=O)C1=C(C)N=c2sc(=Cc3ccc(N(C)C)o3)c(=O)n2[C@H]1c1ccc2c(c1)OCO2. The zero-order valence-corrected chi connectivity index (χ0v) is 20.0. The molecule has 0 radical (unpaired) electrons. The van der Waals surface area contributed by atoms with Gasteiger partial charge in [0.15, 0.2) is 22.2 Å². The molecule has 4 heterocycles. The molecule has 0 saturated heterocycles. The van der Waals surface area contributed by atoms with Crippen LogP contribution in [0.3, 0.4) is 0 Å². The largest absolute Gasteiger partial charge is 0.463 e. The quantitative estimate of drug-likeness (QED) is 0.516. The molecule has 1 atom stereocenters. The van der Waals surface area contributed by atoms with Gasteiger partial charge in [-0.1, -0.05) is 17.4 Å². The number of ether oxygens (including phenoxy) is 3. The minimum atomic E-state index is -0.721. The minimum Gasteiger partial charge on any atom is -0.463 e. The second-order valence-electron chi connectivity index (χ2n) is 7.99. The Bertz CT molecular complexity index is 1490. The smallest absolute Gasteiger partial charge is 0.338 e. The molecule has 0 N–H and O–H groups in total. The lowest BCUT2D eigenvalue weighted by Crippen LogP contribution is -2.39. The van der Waals surface area contributed by atoms with E-state index in [1.807, 2.05) is 31.1 Å². The summed E-state index contributed by atoms with van der Waals surface area (Å²) in [7, 11) is 3.75. The van der Waals surface area contributed by atoms with Gasteiger partial charge in [0.05, 0.1) is 28.5 Å². The summed E-state index contributed by atoms with van der Waals surface area (Å²) in [5.41, 5.74) is 1.24. The molecule has 0 unspecified atom stereocenters. The molecule has 2 aromatic heterocycles. The predicted octanol–water partition coefficient (Wildman–Crippen LogP) is 2.19. The normalized spacial score (nSPS) is 16.9. The Balaban J connectivity index is 1.70. The third kappa shape index (κ3) is 3.69. The number of nitrogens with zero attached hydrogens (tertiary/aromatic N) is 3. The van der Waals surface area contributed by atoms with Crippen molar-refractivity contribution in [3.8, 4) is 11.5 Å². The Kier molecular flexibility index (Phi) is 5.52. The van der Waals surface area contributed by atoms with Crippen LogP contribution >= 0.6 is 11.3 Å². The van der Waals surface area contributed by atoms with Crippen molar-refractivity contribution in [2.75, 3.05) is 32.4 Å². The Morgan fingerprint density at radius 3 is 2.79 bits per heavy atom. The molecule has 2 aliphatic rings. The molecular weight excluding hydrogens is 458 g/mol. The summed E-state index contributed by atoms with van der Waals surface area (Å²) in [4.78, 5) is 33.5. The highest BCUT2D eigenvalue weighted by atomic mass is 32.1. The number of benzene rings is 1. The van der Waals surface area contributed by atoms with Gasteiger partial charge in [0, 0.05) is 26.2 Å². The average Bonchev–Trinajstić information content (AvgIpc) is 3.52. The van der Waals surface area contributed by atoms with Gasteiger partial charge in [-0.05, 0) is 37.6 Å². The van der Waals surface area contributed by atoms with Crippen molar-refractivity contribution in [3.63, 3.8) is 0 Å².